The van der Waals surface area contributed by atoms with Crippen LogP contribution < -0.4 is 15.8 Å². The summed E-state index contributed by atoms with van der Waals surface area (Å²) in [4.78, 5) is 35.5. The summed E-state index contributed by atoms with van der Waals surface area (Å²) in [6.07, 6.45) is -2.97. The highest BCUT2D eigenvalue weighted by molar-refractivity contribution is 8.15. The van der Waals surface area contributed by atoms with Crippen molar-refractivity contribution in [3.63, 3.8) is 0 Å². The number of aliphatic imine (C=N–C) groups is 1. The van der Waals surface area contributed by atoms with E-state index in [1.165, 1.54) is 39.8 Å². The van der Waals surface area contributed by atoms with E-state index in [0.29, 0.717) is 22.2 Å². The highest BCUT2D eigenvalue weighted by atomic mass is 32.2. The van der Waals surface area contributed by atoms with Gasteiger partial charge in [-0.3, -0.25) is 15.1 Å². The Morgan fingerprint density at radius 1 is 1.02 bits per heavy atom. The number of hydrogen-bond donors (Lipinski definition) is 2. The largest absolute Gasteiger partial charge is 0.416 e. The lowest BCUT2D eigenvalue weighted by atomic mass is 9.99. The summed E-state index contributed by atoms with van der Waals surface area (Å²) in [5, 5.41) is 4.71. The number of thioether (sulfide) groups is 1. The van der Waals surface area contributed by atoms with Crippen LogP contribution in [-0.2, 0) is 11.0 Å². The van der Waals surface area contributed by atoms with Gasteiger partial charge in [-0.05, 0) is 66.8 Å². The number of hydrazine groups is 1. The molecule has 0 bridgehead atoms. The average molecular weight is 622 g/mol. The number of alkyl halides is 3. The van der Waals surface area contributed by atoms with Gasteiger partial charge >= 0.3 is 12.2 Å². The summed E-state index contributed by atoms with van der Waals surface area (Å²) in [6.45, 7) is 7.92. The molecule has 3 amide bonds. The first-order chi connectivity index (χ1) is 20.9. The molecule has 1 aromatic heterocycles. The average Bonchev–Trinajstić information content (AvgIpc) is 3.62. The van der Waals surface area contributed by atoms with Gasteiger partial charge in [0, 0.05) is 11.6 Å². The fourth-order valence-electron chi connectivity index (χ4n) is 4.63. The molecule has 2 heterocycles. The Balaban J connectivity index is 1.22. The molecule has 1 saturated heterocycles. The lowest BCUT2D eigenvalue weighted by molar-refractivity contribution is -0.137. The number of aryl methyl sites for hydroxylation is 1. The van der Waals surface area contributed by atoms with E-state index in [1.807, 2.05) is 56.3 Å². The molecule has 0 saturated carbocycles. The molecule has 0 aliphatic carbocycles. The number of hydrogen-bond acceptors (Lipinski definition) is 6. The van der Waals surface area contributed by atoms with Gasteiger partial charge in [0.25, 0.3) is 0 Å². The maximum atomic E-state index is 12.9. The molecule has 1 fully saturated rings. The molecule has 1 aliphatic rings. The number of nitrogens with zero attached hydrogens (tertiary/aromatic N) is 5. The van der Waals surface area contributed by atoms with Crippen LogP contribution in [0.3, 0.4) is 0 Å². The van der Waals surface area contributed by atoms with Crippen LogP contribution >= 0.6 is 11.8 Å². The summed E-state index contributed by atoms with van der Waals surface area (Å²) in [5.41, 5.74) is 9.56. The highest BCUT2D eigenvalue weighted by Gasteiger charge is 2.33. The molecule has 228 valence electrons. The number of halogens is 3. The molecular formula is C31H30F3N7O2S. The second kappa shape index (κ2) is 12.6. The lowest BCUT2D eigenvalue weighted by Crippen LogP contribution is -2.39. The Labute approximate surface area is 256 Å². The zero-order valence-corrected chi connectivity index (χ0v) is 25.2. The van der Waals surface area contributed by atoms with Crippen LogP contribution in [0.5, 0.6) is 0 Å². The summed E-state index contributed by atoms with van der Waals surface area (Å²) in [6, 6.07) is 17.0. The number of carbonyl (C=O) groups excluding carboxylic acids is 2. The number of carbonyl (C=O) groups is 2. The van der Waals surface area contributed by atoms with Crippen molar-refractivity contribution in [2.45, 2.75) is 45.8 Å². The predicted molar refractivity (Wildman–Crippen MR) is 165 cm³/mol. The second-order valence-corrected chi connectivity index (χ2v) is 11.5. The van der Waals surface area contributed by atoms with Gasteiger partial charge in [-0.2, -0.15) is 18.2 Å². The number of amides is 3. The third-order valence-electron chi connectivity index (χ3n) is 7.03. The molecule has 1 aliphatic heterocycles. The van der Waals surface area contributed by atoms with Crippen molar-refractivity contribution in [3.05, 3.63) is 95.3 Å². The summed E-state index contributed by atoms with van der Waals surface area (Å²) in [7, 11) is 0. The van der Waals surface area contributed by atoms with Crippen molar-refractivity contribution in [2.75, 3.05) is 10.7 Å². The van der Waals surface area contributed by atoms with Gasteiger partial charge in [-0.1, -0.05) is 62.0 Å². The van der Waals surface area contributed by atoms with E-state index in [4.69, 9.17) is 0 Å². The van der Waals surface area contributed by atoms with Crippen LogP contribution in [0.25, 0.3) is 17.1 Å². The lowest BCUT2D eigenvalue weighted by Gasteiger charge is -2.22. The minimum absolute atomic E-state index is 0.130. The minimum atomic E-state index is -4.41. The topological polar surface area (TPSA) is 105 Å². The fourth-order valence-corrected chi connectivity index (χ4v) is 5.49. The molecule has 13 heteroatoms. The maximum Gasteiger partial charge on any atom is 0.416 e. The van der Waals surface area contributed by atoms with E-state index in [2.05, 4.69) is 39.8 Å². The van der Waals surface area contributed by atoms with E-state index in [9.17, 15) is 22.8 Å². The van der Waals surface area contributed by atoms with Crippen LogP contribution in [-0.4, -0.2) is 37.6 Å². The zero-order valence-electron chi connectivity index (χ0n) is 24.4. The monoisotopic (exact) mass is 621 g/mol. The van der Waals surface area contributed by atoms with Crippen molar-refractivity contribution in [1.29, 1.82) is 0 Å². The molecule has 4 aromatic rings. The van der Waals surface area contributed by atoms with E-state index < -0.39 is 17.8 Å². The fraction of sp³-hybridized carbons (Fsp3) is 0.258. The van der Waals surface area contributed by atoms with Gasteiger partial charge in [0.2, 0.25) is 5.91 Å². The Hall–Kier alpha value is -4.49. The van der Waals surface area contributed by atoms with Crippen LogP contribution in [0.4, 0.5) is 23.7 Å². The smallest absolute Gasteiger partial charge is 0.273 e. The summed E-state index contributed by atoms with van der Waals surface area (Å²) in [5.74, 6) is 0.654. The molecular weight excluding hydrogens is 591 g/mol. The van der Waals surface area contributed by atoms with Crippen molar-refractivity contribution in [3.8, 4) is 17.1 Å². The standard InChI is InChI=1S/C31H30F3N7O2S/c1-18(2)25-14-5-19(3)15-26(25)41-27(42)16-44-30(41)36-29(43)38-37-20(4)21-6-8-22(9-7-21)28-35-17-40(39-28)24-12-10-23(11-13-24)31(32,33)34/h5-15,17-18,20,37H,16H2,1-4H3,(H,38,43). The number of urea groups is 1. The van der Waals surface area contributed by atoms with Gasteiger partial charge < -0.3 is 0 Å². The molecule has 5 rings (SSSR count). The second-order valence-electron chi connectivity index (χ2n) is 10.6. The Bertz CT molecular complexity index is 1700. The molecule has 0 spiro atoms. The van der Waals surface area contributed by atoms with Crippen molar-refractivity contribution >= 4 is 34.6 Å². The first kappa shape index (κ1) is 31.0. The van der Waals surface area contributed by atoms with E-state index >= 15 is 0 Å². The SMILES string of the molecule is Cc1ccc(C(C)C)c(N2C(=O)CSC2=NC(=O)NNC(C)c2ccc(-c3ncn(-c4ccc(C(F)(F)F)cc4)n3)cc2)c1. The quantitative estimate of drug-likeness (QED) is 0.220. The van der Waals surface area contributed by atoms with Crippen molar-refractivity contribution < 1.29 is 22.8 Å². The maximum absolute atomic E-state index is 12.9. The van der Waals surface area contributed by atoms with Gasteiger partial charge in [-0.25, -0.2) is 19.9 Å². The molecule has 1 atom stereocenters. The van der Waals surface area contributed by atoms with Crippen molar-refractivity contribution in [2.24, 2.45) is 4.99 Å². The number of rotatable bonds is 7. The highest BCUT2D eigenvalue weighted by Crippen LogP contribution is 2.34. The van der Waals surface area contributed by atoms with Gasteiger partial charge in [0.15, 0.2) is 11.0 Å². The third kappa shape index (κ3) is 6.84. The molecule has 1 unspecified atom stereocenters. The first-order valence-corrected chi connectivity index (χ1v) is 14.8. The number of nitrogens with one attached hydrogen (secondary N) is 2. The van der Waals surface area contributed by atoms with E-state index in [-0.39, 0.29) is 23.6 Å². The molecule has 9 nitrogen and oxygen atoms in total. The van der Waals surface area contributed by atoms with E-state index in [0.717, 1.165) is 34.5 Å². The Morgan fingerprint density at radius 2 is 1.73 bits per heavy atom. The Morgan fingerprint density at radius 3 is 2.39 bits per heavy atom. The van der Waals surface area contributed by atoms with Crippen LogP contribution in [0.1, 0.15) is 55.0 Å². The third-order valence-corrected chi connectivity index (χ3v) is 7.95. The van der Waals surface area contributed by atoms with Crippen molar-refractivity contribution in [1.82, 2.24) is 25.6 Å². The van der Waals surface area contributed by atoms with Gasteiger partial charge in [0.1, 0.15) is 6.33 Å². The molecule has 2 N–H and O–H groups in total. The first-order valence-electron chi connectivity index (χ1n) is 13.8. The van der Waals surface area contributed by atoms with E-state index in [1.54, 1.807) is 0 Å². The molecule has 3 aromatic carbocycles. The number of anilines is 1. The Kier molecular flexibility index (Phi) is 8.88. The van der Waals surface area contributed by atoms with Gasteiger partial charge in [-0.15, -0.1) is 5.10 Å². The molecule has 44 heavy (non-hydrogen) atoms. The van der Waals surface area contributed by atoms with Crippen LogP contribution in [0, 0.1) is 6.92 Å². The summed E-state index contributed by atoms with van der Waals surface area (Å²) < 4.78 is 40.0. The molecule has 0 radical (unpaired) electrons. The number of amidine groups is 1. The zero-order chi connectivity index (χ0) is 31.6. The van der Waals surface area contributed by atoms with Gasteiger partial charge in [0.05, 0.1) is 22.7 Å². The number of benzene rings is 3. The predicted octanol–water partition coefficient (Wildman–Crippen LogP) is 6.80. The van der Waals surface area contributed by atoms with Crippen LogP contribution in [0.2, 0.25) is 0 Å². The van der Waals surface area contributed by atoms with Crippen LogP contribution in [0.15, 0.2) is 78.0 Å². The normalized spacial score (nSPS) is 15.3. The summed E-state index contributed by atoms with van der Waals surface area (Å²) >= 11 is 1.22. The minimum Gasteiger partial charge on any atom is -0.273 e. The number of aromatic nitrogens is 3.